The molecular formula is C32H45F3N8O9S. The molecule has 0 saturated heterocycles. The first-order valence-electron chi connectivity index (χ1n) is 15.2. The summed E-state index contributed by atoms with van der Waals surface area (Å²) in [4.78, 5) is 70.0. The number of carbonyl (C=O) groups is 5. The molecule has 6 amide bonds. The van der Waals surface area contributed by atoms with E-state index in [0.29, 0.717) is 17.9 Å². The minimum absolute atomic E-state index is 0.0993. The number of alkyl carbamates (subject to hydrolysis) is 1. The Balaban J connectivity index is -0.00000153. The van der Waals surface area contributed by atoms with E-state index in [0.717, 1.165) is 18.6 Å². The second-order valence-electron chi connectivity index (χ2n) is 10.5. The first-order chi connectivity index (χ1) is 24.7. The average Bonchev–Trinajstić information content (AvgIpc) is 3.49. The minimum atomic E-state index is -4.94. The Labute approximate surface area is 309 Å². The predicted molar refractivity (Wildman–Crippen MR) is 194 cm³/mol. The number of hydrogen-bond donors (Lipinski definition) is 6. The summed E-state index contributed by atoms with van der Waals surface area (Å²) in [5.41, 5.74) is 2.41. The molecule has 1 aromatic heterocycles. The van der Waals surface area contributed by atoms with Crippen LogP contribution in [0, 0.1) is 35.8 Å². The summed E-state index contributed by atoms with van der Waals surface area (Å²) in [5.74, 6) is -1.68. The Morgan fingerprint density at radius 3 is 1.85 bits per heavy atom. The molecule has 0 bridgehead atoms. The number of aromatic nitrogens is 1. The van der Waals surface area contributed by atoms with Crippen LogP contribution in [0.4, 0.5) is 44.1 Å². The normalized spacial score (nSPS) is 9.75. The number of nitrogens with two attached hydrogens (primary N) is 1. The van der Waals surface area contributed by atoms with Crippen molar-refractivity contribution in [2.75, 3.05) is 30.3 Å². The van der Waals surface area contributed by atoms with Crippen molar-refractivity contribution < 1.29 is 51.5 Å². The van der Waals surface area contributed by atoms with Gasteiger partial charge in [0.25, 0.3) is 5.69 Å². The number of halogens is 3. The van der Waals surface area contributed by atoms with Gasteiger partial charge in [0.15, 0.2) is 10.8 Å². The fraction of sp³-hybridized carbons (Fsp3) is 0.438. The molecule has 0 fully saturated rings. The third-order valence-electron chi connectivity index (χ3n) is 4.66. The molecule has 0 atom stereocenters. The van der Waals surface area contributed by atoms with Gasteiger partial charge in [-0.25, -0.2) is 19.4 Å². The highest BCUT2D eigenvalue weighted by Crippen LogP contribution is 2.36. The highest BCUT2D eigenvalue weighted by molar-refractivity contribution is 7.15. The third kappa shape index (κ3) is 26.4. The Bertz CT molecular complexity index is 1480. The van der Waals surface area contributed by atoms with Gasteiger partial charge in [-0.3, -0.25) is 25.0 Å². The highest BCUT2D eigenvalue weighted by atomic mass is 32.1. The lowest BCUT2D eigenvalue weighted by Gasteiger charge is -2.19. The number of anilines is 2. The number of primary amides is 1. The first kappa shape index (κ1) is 51.3. The number of thiazole rings is 1. The maximum absolute atomic E-state index is 13.4. The molecular weight excluding hydrogens is 729 g/mol. The molecule has 53 heavy (non-hydrogen) atoms. The van der Waals surface area contributed by atoms with E-state index in [2.05, 4.69) is 71.1 Å². The summed E-state index contributed by atoms with van der Waals surface area (Å²) in [6.07, 6.45) is 11.2. The van der Waals surface area contributed by atoms with Crippen LogP contribution in [0.2, 0.25) is 0 Å². The second kappa shape index (κ2) is 27.6. The van der Waals surface area contributed by atoms with E-state index in [1.54, 1.807) is 20.8 Å². The van der Waals surface area contributed by atoms with Crippen molar-refractivity contribution in [3.63, 3.8) is 0 Å². The van der Waals surface area contributed by atoms with Gasteiger partial charge in [-0.15, -0.1) is 25.7 Å². The van der Waals surface area contributed by atoms with Gasteiger partial charge in [0, 0.05) is 24.4 Å². The number of nitro groups is 1. The van der Waals surface area contributed by atoms with Crippen LogP contribution in [-0.4, -0.2) is 65.2 Å². The zero-order chi connectivity index (χ0) is 41.8. The van der Waals surface area contributed by atoms with E-state index in [-0.39, 0.29) is 11.4 Å². The smallest absolute Gasteiger partial charge is 0.434 e. The molecule has 0 aliphatic rings. The van der Waals surface area contributed by atoms with Gasteiger partial charge < -0.3 is 36.5 Å². The number of ether oxygens (including phenoxy) is 2. The largest absolute Gasteiger partial charge is 0.444 e. The van der Waals surface area contributed by atoms with Gasteiger partial charge in [0.05, 0.1) is 16.3 Å². The number of nitrogens with zero attached hydrogens (tertiary/aromatic N) is 2. The number of amides is 6. The zero-order valence-electron chi connectivity index (χ0n) is 30.0. The number of nitrogens with one attached hydrogen (secondary N) is 5. The van der Waals surface area contributed by atoms with Crippen molar-refractivity contribution in [2.24, 2.45) is 5.73 Å². The number of benzene rings is 1. The van der Waals surface area contributed by atoms with E-state index in [1.807, 2.05) is 6.92 Å². The van der Waals surface area contributed by atoms with Gasteiger partial charge in [-0.05, 0) is 39.3 Å². The monoisotopic (exact) mass is 774 g/mol. The highest BCUT2D eigenvalue weighted by Gasteiger charge is 2.38. The van der Waals surface area contributed by atoms with Gasteiger partial charge in [-0.2, -0.15) is 13.2 Å². The quantitative estimate of drug-likeness (QED) is 0.0967. The Kier molecular flexibility index (Phi) is 26.7. The van der Waals surface area contributed by atoms with Gasteiger partial charge >= 0.3 is 24.4 Å². The molecule has 21 heteroatoms. The van der Waals surface area contributed by atoms with Crippen molar-refractivity contribution >= 4 is 57.9 Å². The number of hydrogen-bond acceptors (Lipinski definition) is 11. The number of urea groups is 1. The number of alkyl halides is 3. The Morgan fingerprint density at radius 2 is 1.42 bits per heavy atom. The molecule has 1 aromatic carbocycles. The third-order valence-corrected chi connectivity index (χ3v) is 5.60. The molecule has 294 valence electrons. The lowest BCUT2D eigenvalue weighted by molar-refractivity contribution is -0.384. The van der Waals surface area contributed by atoms with Crippen LogP contribution in [0.15, 0.2) is 24.3 Å². The van der Waals surface area contributed by atoms with E-state index in [1.165, 1.54) is 18.6 Å². The van der Waals surface area contributed by atoms with Gasteiger partial charge in [0.1, 0.15) is 18.8 Å². The summed E-state index contributed by atoms with van der Waals surface area (Å²) in [7, 11) is 0. The molecule has 7 N–H and O–H groups in total. The van der Waals surface area contributed by atoms with Crippen molar-refractivity contribution in [3.8, 4) is 25.7 Å². The van der Waals surface area contributed by atoms with Crippen LogP contribution in [0.25, 0.3) is 0 Å². The number of carbonyl (C=O) groups excluding carboxylic acids is 5. The number of non-ortho nitro benzene ring substituents is 1. The standard InChI is InChI=1S/C21H23F3N6O8S.C4H10N2O.C3H8.2C2H2/c1-20(2,3)38-18(33)26-8-14(31)25-9-15(32)28-17-29-16(21(22,23)24)13(39-17)10-37-19(34)27-11-4-6-12(7-5-11)30(35)36;1-2-3-6-4(5)7;1-3-2;2*1-2/h4-7H,8-10H2,1-3H3,(H,25,31)(H,26,33)(H,27,34)(H,28,29,32);2-3H2,1H3,(H3,5,6,7);3H2,1-2H3;2*1-2H. The van der Waals surface area contributed by atoms with Crippen LogP contribution in [0.3, 0.4) is 0 Å². The SMILES string of the molecule is C#C.C#C.CC(C)(C)OC(=O)NCC(=O)NCC(=O)Nc1nc(C(F)(F)F)c(COC(=O)Nc2ccc([N+](=O)[O-])cc2)s1.CCC.CCCNC(N)=O. The molecule has 2 aromatic rings. The van der Waals surface area contributed by atoms with Crippen molar-refractivity contribution in [1.82, 2.24) is 20.9 Å². The van der Waals surface area contributed by atoms with Crippen molar-refractivity contribution in [2.45, 2.75) is 72.8 Å². The predicted octanol–water partition coefficient (Wildman–Crippen LogP) is 5.38. The number of rotatable bonds is 11. The van der Waals surface area contributed by atoms with Crippen LogP contribution >= 0.6 is 11.3 Å². The fourth-order valence-electron chi connectivity index (χ4n) is 2.80. The second-order valence-corrected chi connectivity index (χ2v) is 11.6. The molecule has 0 radical (unpaired) electrons. The molecule has 17 nitrogen and oxygen atoms in total. The van der Waals surface area contributed by atoms with Crippen molar-refractivity contribution in [3.05, 3.63) is 45.0 Å². The molecule has 0 spiro atoms. The molecule has 1 heterocycles. The summed E-state index contributed by atoms with van der Waals surface area (Å²) >= 11 is 0.393. The molecule has 0 unspecified atom stereocenters. The van der Waals surface area contributed by atoms with Crippen LogP contribution in [0.1, 0.15) is 65.0 Å². The van der Waals surface area contributed by atoms with Crippen LogP contribution in [0.5, 0.6) is 0 Å². The lowest BCUT2D eigenvalue weighted by Crippen LogP contribution is -2.41. The van der Waals surface area contributed by atoms with Crippen molar-refractivity contribution in [1.29, 1.82) is 0 Å². The van der Waals surface area contributed by atoms with Crippen LogP contribution < -0.4 is 32.3 Å². The number of nitro benzene ring substituents is 1. The molecule has 0 aliphatic heterocycles. The Morgan fingerprint density at radius 1 is 0.887 bits per heavy atom. The summed E-state index contributed by atoms with van der Waals surface area (Å²) < 4.78 is 49.9. The van der Waals surface area contributed by atoms with E-state index >= 15 is 0 Å². The summed E-state index contributed by atoms with van der Waals surface area (Å²) in [6.45, 7) is 9.75. The maximum atomic E-state index is 13.4. The minimum Gasteiger partial charge on any atom is -0.444 e. The van der Waals surface area contributed by atoms with E-state index in [4.69, 9.17) is 15.2 Å². The van der Waals surface area contributed by atoms with Gasteiger partial charge in [0.2, 0.25) is 11.8 Å². The van der Waals surface area contributed by atoms with Crippen LogP contribution in [-0.2, 0) is 31.8 Å². The molecule has 0 aliphatic carbocycles. The van der Waals surface area contributed by atoms with E-state index in [9.17, 15) is 47.3 Å². The first-order valence-corrected chi connectivity index (χ1v) is 16.0. The van der Waals surface area contributed by atoms with E-state index < -0.39 is 82.1 Å². The lowest BCUT2D eigenvalue weighted by atomic mass is 10.2. The molecule has 2 rings (SSSR count). The van der Waals surface area contributed by atoms with Gasteiger partial charge in [-0.1, -0.05) is 38.5 Å². The summed E-state index contributed by atoms with van der Waals surface area (Å²) in [5, 5.41) is 21.3. The fourth-order valence-corrected chi connectivity index (χ4v) is 3.71. The number of terminal acetylenes is 2. The maximum Gasteiger partial charge on any atom is 0.434 e. The summed E-state index contributed by atoms with van der Waals surface area (Å²) in [6, 6.07) is 4.17. The topological polar surface area (TPSA) is 246 Å². The average molecular weight is 775 g/mol. The Hall–Kier alpha value is -6.09. The zero-order valence-corrected chi connectivity index (χ0v) is 30.9. The molecule has 0 saturated carbocycles.